The number of nitriles is 1. The topological polar surface area (TPSA) is 137 Å². The van der Waals surface area contributed by atoms with Gasteiger partial charge < -0.3 is 15.1 Å². The van der Waals surface area contributed by atoms with Crippen LogP contribution in [-0.2, 0) is 4.79 Å². The summed E-state index contributed by atoms with van der Waals surface area (Å²) in [6, 6.07) is 6.31. The van der Waals surface area contributed by atoms with Crippen LogP contribution in [0.3, 0.4) is 0 Å². The number of phenolic OH excluding ortho intramolecular Hbond substituents is 1. The third kappa shape index (κ3) is 4.38. The molecule has 0 heterocycles. The summed E-state index contributed by atoms with van der Waals surface area (Å²) < 4.78 is 27.5. The van der Waals surface area contributed by atoms with Crippen molar-refractivity contribution in [2.75, 3.05) is 7.05 Å². The van der Waals surface area contributed by atoms with E-state index in [1.165, 1.54) is 18.2 Å². The smallest absolute Gasteiger partial charge is 0.314 e. The molecule has 0 atom stereocenters. The third-order valence-corrected chi connectivity index (χ3v) is 3.68. The van der Waals surface area contributed by atoms with Crippen molar-refractivity contribution in [2.24, 2.45) is 0 Å². The van der Waals surface area contributed by atoms with Gasteiger partial charge in [0.05, 0.1) is 4.92 Å². The number of phenols is 1. The molecular formula is C18H13F2N3O6. The van der Waals surface area contributed by atoms with Crippen LogP contribution in [0.25, 0.3) is 5.76 Å². The highest BCUT2D eigenvalue weighted by Gasteiger charge is 2.26. The lowest BCUT2D eigenvalue weighted by Crippen LogP contribution is -2.32. The fourth-order valence-electron chi connectivity index (χ4n) is 2.23. The number of hydrogen-bond donors (Lipinski definition) is 2. The Bertz CT molecular complexity index is 1080. The second-order valence-electron chi connectivity index (χ2n) is 5.75. The van der Waals surface area contributed by atoms with Crippen LogP contribution in [0, 0.1) is 40.0 Å². The van der Waals surface area contributed by atoms with Gasteiger partial charge in [-0.25, -0.2) is 8.78 Å². The summed E-state index contributed by atoms with van der Waals surface area (Å²) in [5.41, 5.74) is -2.03. The van der Waals surface area contributed by atoms with Gasteiger partial charge in [0.1, 0.15) is 11.8 Å². The van der Waals surface area contributed by atoms with Gasteiger partial charge in [-0.2, -0.15) is 10.3 Å². The van der Waals surface area contributed by atoms with E-state index < -0.39 is 50.8 Å². The van der Waals surface area contributed by atoms with E-state index in [0.717, 1.165) is 13.1 Å². The molecular weight excluding hydrogens is 392 g/mol. The molecule has 150 valence electrons. The normalized spacial score (nSPS) is 11.3. The monoisotopic (exact) mass is 405 g/mol. The minimum atomic E-state index is -1.45. The van der Waals surface area contributed by atoms with E-state index in [2.05, 4.69) is 0 Å². The number of carbonyl (C=O) groups excluding carboxylic acids is 1. The number of aryl methyl sites for hydroxylation is 1. The molecule has 0 aliphatic carbocycles. The molecule has 2 aromatic carbocycles. The number of nitrogens with zero attached hydrogens (tertiary/aromatic N) is 3. The summed E-state index contributed by atoms with van der Waals surface area (Å²) in [7, 11) is 1.04. The molecule has 0 saturated heterocycles. The zero-order chi connectivity index (χ0) is 21.9. The van der Waals surface area contributed by atoms with Gasteiger partial charge in [0.15, 0.2) is 23.0 Å². The molecule has 0 bridgehead atoms. The average molecular weight is 405 g/mol. The maximum absolute atomic E-state index is 13.8. The molecule has 0 aromatic heterocycles. The lowest BCUT2D eigenvalue weighted by molar-refractivity contribution is -0.386. The Morgan fingerprint density at radius 2 is 1.93 bits per heavy atom. The predicted molar refractivity (Wildman–Crippen MR) is 94.4 cm³/mol. The Kier molecular flexibility index (Phi) is 5.98. The van der Waals surface area contributed by atoms with Crippen molar-refractivity contribution >= 4 is 17.4 Å². The van der Waals surface area contributed by atoms with Crippen molar-refractivity contribution < 1.29 is 33.5 Å². The first kappa shape index (κ1) is 21.1. The predicted octanol–water partition coefficient (Wildman–Crippen LogP) is 3.13. The molecule has 0 aliphatic heterocycles. The number of likely N-dealkylation sites (N-methyl/N-ethyl adjacent to an activating group) is 1. The van der Waals surface area contributed by atoms with Gasteiger partial charge in [0.2, 0.25) is 5.75 Å². The molecule has 0 spiro atoms. The van der Waals surface area contributed by atoms with E-state index in [4.69, 9.17) is 4.84 Å². The van der Waals surface area contributed by atoms with Crippen LogP contribution in [0.1, 0.15) is 11.1 Å². The standard InChI is InChI=1S/C18H13F2N3O6/c1-9-3-4-12(19)15(5-9)29-22(2)18(26)11(8-21)16(24)10-6-13(20)17(25)14(7-10)23(27)28/h3-7,24-25H,1-2H3/b16-11-. The van der Waals surface area contributed by atoms with Crippen molar-refractivity contribution in [1.82, 2.24) is 5.06 Å². The Morgan fingerprint density at radius 1 is 1.28 bits per heavy atom. The van der Waals surface area contributed by atoms with Gasteiger partial charge in [-0.05, 0) is 30.7 Å². The van der Waals surface area contributed by atoms with Gasteiger partial charge in [0, 0.05) is 18.7 Å². The van der Waals surface area contributed by atoms with E-state index >= 15 is 0 Å². The number of nitro groups is 1. The molecule has 9 nitrogen and oxygen atoms in total. The Labute approximate surface area is 162 Å². The summed E-state index contributed by atoms with van der Waals surface area (Å²) in [5, 5.41) is 40.1. The molecule has 2 rings (SSSR count). The molecule has 29 heavy (non-hydrogen) atoms. The molecule has 11 heteroatoms. The van der Waals surface area contributed by atoms with Crippen molar-refractivity contribution in [2.45, 2.75) is 6.92 Å². The summed E-state index contributed by atoms with van der Waals surface area (Å²) >= 11 is 0. The second kappa shape index (κ2) is 8.22. The van der Waals surface area contributed by atoms with Crippen LogP contribution in [0.5, 0.6) is 11.5 Å². The lowest BCUT2D eigenvalue weighted by Gasteiger charge is -2.18. The molecule has 0 fully saturated rings. The van der Waals surface area contributed by atoms with Gasteiger partial charge in [-0.1, -0.05) is 6.07 Å². The van der Waals surface area contributed by atoms with E-state index in [1.54, 1.807) is 6.92 Å². The van der Waals surface area contributed by atoms with Crippen molar-refractivity contribution in [3.05, 3.63) is 68.8 Å². The first-order chi connectivity index (χ1) is 13.6. The number of hydroxylamine groups is 2. The van der Waals surface area contributed by atoms with Gasteiger partial charge in [-0.15, -0.1) is 0 Å². The van der Waals surface area contributed by atoms with Gasteiger partial charge >= 0.3 is 11.6 Å². The highest BCUT2D eigenvalue weighted by molar-refractivity contribution is 6.03. The van der Waals surface area contributed by atoms with E-state index in [1.807, 2.05) is 0 Å². The zero-order valence-electron chi connectivity index (χ0n) is 15.0. The first-order valence-electron chi connectivity index (χ1n) is 7.79. The molecule has 2 aromatic rings. The number of halogens is 2. The second-order valence-corrected chi connectivity index (χ2v) is 5.75. The van der Waals surface area contributed by atoms with Crippen molar-refractivity contribution in [3.63, 3.8) is 0 Å². The maximum Gasteiger partial charge on any atom is 0.314 e. The van der Waals surface area contributed by atoms with Gasteiger partial charge in [-0.3, -0.25) is 14.9 Å². The molecule has 1 amide bonds. The highest BCUT2D eigenvalue weighted by atomic mass is 19.1. The summed E-state index contributed by atoms with van der Waals surface area (Å²) in [6.45, 7) is 1.65. The Morgan fingerprint density at radius 3 is 2.52 bits per heavy atom. The van der Waals surface area contributed by atoms with Crippen LogP contribution in [0.2, 0.25) is 0 Å². The Balaban J connectivity index is 2.44. The number of aliphatic hydroxyl groups excluding tert-OH is 1. The largest absolute Gasteiger partial charge is 0.506 e. The fraction of sp³-hybridized carbons (Fsp3) is 0.111. The van der Waals surface area contributed by atoms with Crippen LogP contribution < -0.4 is 4.84 Å². The van der Waals surface area contributed by atoms with E-state index in [9.17, 15) is 39.2 Å². The Hall–Kier alpha value is -4.20. The molecule has 0 aliphatic rings. The fourth-order valence-corrected chi connectivity index (χ4v) is 2.23. The zero-order valence-corrected chi connectivity index (χ0v) is 15.0. The summed E-state index contributed by atoms with van der Waals surface area (Å²) in [6.07, 6.45) is 0. The number of aromatic hydroxyl groups is 1. The number of hydrogen-bond acceptors (Lipinski definition) is 7. The summed E-state index contributed by atoms with van der Waals surface area (Å²) in [5.74, 6) is -6.17. The van der Waals surface area contributed by atoms with Crippen LogP contribution in [0.4, 0.5) is 14.5 Å². The number of nitro benzene ring substituents is 1. The van der Waals surface area contributed by atoms with Crippen LogP contribution >= 0.6 is 0 Å². The number of benzene rings is 2. The minimum Gasteiger partial charge on any atom is -0.506 e. The summed E-state index contributed by atoms with van der Waals surface area (Å²) in [4.78, 5) is 27.2. The van der Waals surface area contributed by atoms with Crippen molar-refractivity contribution in [3.8, 4) is 17.6 Å². The first-order valence-corrected chi connectivity index (χ1v) is 7.79. The SMILES string of the molecule is Cc1ccc(F)c(ON(C)C(=O)/C(C#N)=C(\O)c2cc(F)c(O)c([N+](=O)[O-])c2)c1. The van der Waals surface area contributed by atoms with Gasteiger partial charge in [0.25, 0.3) is 0 Å². The minimum absolute atomic E-state index is 0.330. The highest BCUT2D eigenvalue weighted by Crippen LogP contribution is 2.33. The molecule has 0 radical (unpaired) electrons. The van der Waals surface area contributed by atoms with Crippen LogP contribution in [-0.4, -0.2) is 33.2 Å². The average Bonchev–Trinajstić information content (AvgIpc) is 2.66. The maximum atomic E-state index is 13.8. The van der Waals surface area contributed by atoms with Crippen molar-refractivity contribution in [1.29, 1.82) is 5.26 Å². The molecule has 0 unspecified atom stereocenters. The number of aliphatic hydroxyl groups is 1. The number of amides is 1. The molecule has 0 saturated carbocycles. The molecule has 2 N–H and O–H groups in total. The number of rotatable bonds is 5. The quantitative estimate of drug-likeness (QED) is 0.256. The lowest BCUT2D eigenvalue weighted by atomic mass is 10.1. The van der Waals surface area contributed by atoms with E-state index in [0.29, 0.717) is 22.8 Å². The van der Waals surface area contributed by atoms with E-state index in [-0.39, 0.29) is 5.75 Å². The third-order valence-electron chi connectivity index (χ3n) is 3.68. The number of carbonyl (C=O) groups is 1. The van der Waals surface area contributed by atoms with Crippen LogP contribution in [0.15, 0.2) is 35.9 Å².